The molecule has 1 saturated heterocycles. The molecule has 0 spiro atoms. The predicted molar refractivity (Wildman–Crippen MR) is 70.9 cm³/mol. The van der Waals surface area contributed by atoms with Crippen molar-refractivity contribution < 1.29 is 9.53 Å². The number of rotatable bonds is 8. The molecule has 98 valence electrons. The van der Waals surface area contributed by atoms with Crippen LogP contribution in [0.3, 0.4) is 0 Å². The van der Waals surface area contributed by atoms with Crippen molar-refractivity contribution in [3.63, 3.8) is 0 Å². The first-order valence-corrected chi connectivity index (χ1v) is 7.18. The summed E-state index contributed by atoms with van der Waals surface area (Å²) >= 11 is 0. The molecular formula is C15H26O2. The van der Waals surface area contributed by atoms with Gasteiger partial charge in [0.1, 0.15) is 6.10 Å². The molecule has 0 aliphatic carbocycles. The van der Waals surface area contributed by atoms with Gasteiger partial charge in [-0.3, -0.25) is 0 Å². The second-order valence-corrected chi connectivity index (χ2v) is 4.95. The maximum atomic E-state index is 11.6. The van der Waals surface area contributed by atoms with Crippen LogP contribution in [-0.4, -0.2) is 12.1 Å². The van der Waals surface area contributed by atoms with Crippen molar-refractivity contribution in [1.82, 2.24) is 0 Å². The minimum absolute atomic E-state index is 0.0667. The van der Waals surface area contributed by atoms with Crippen molar-refractivity contribution in [2.75, 3.05) is 0 Å². The first-order valence-electron chi connectivity index (χ1n) is 7.18. The minimum atomic E-state index is -0.0667. The molecule has 0 aromatic heterocycles. The smallest absolute Gasteiger partial charge is 0.334 e. The van der Waals surface area contributed by atoms with Crippen LogP contribution in [0.5, 0.6) is 0 Å². The first kappa shape index (κ1) is 14.3. The van der Waals surface area contributed by atoms with Crippen LogP contribution in [0.25, 0.3) is 0 Å². The number of carbonyl (C=O) groups is 1. The predicted octanol–water partition coefficient (Wildman–Crippen LogP) is 4.39. The Morgan fingerprint density at radius 2 is 1.88 bits per heavy atom. The van der Waals surface area contributed by atoms with Crippen molar-refractivity contribution in [2.24, 2.45) is 0 Å². The molecule has 1 fully saturated rings. The molecule has 0 bridgehead atoms. The fraction of sp³-hybridized carbons (Fsp3) is 0.800. The molecule has 0 amide bonds. The van der Waals surface area contributed by atoms with Gasteiger partial charge in [-0.2, -0.15) is 0 Å². The maximum absolute atomic E-state index is 11.6. The summed E-state index contributed by atoms with van der Waals surface area (Å²) in [6.07, 6.45) is 12.5. The lowest BCUT2D eigenvalue weighted by molar-refractivity contribution is -0.139. The summed E-state index contributed by atoms with van der Waals surface area (Å²) < 4.78 is 5.37. The normalized spacial score (nSPS) is 22.1. The van der Waals surface area contributed by atoms with Gasteiger partial charge in [-0.05, 0) is 25.7 Å². The Morgan fingerprint density at radius 1 is 1.18 bits per heavy atom. The SMILES string of the molecule is CCCCC/C=C1/CC(CCCCC)OC1=O. The molecule has 2 heteroatoms. The first-order chi connectivity index (χ1) is 8.27. The number of esters is 1. The van der Waals surface area contributed by atoms with Crippen molar-refractivity contribution in [1.29, 1.82) is 0 Å². The summed E-state index contributed by atoms with van der Waals surface area (Å²) in [5, 5.41) is 0. The number of carbonyl (C=O) groups excluding carboxylic acids is 1. The van der Waals surface area contributed by atoms with E-state index in [1.165, 1.54) is 38.5 Å². The fourth-order valence-electron chi connectivity index (χ4n) is 2.22. The van der Waals surface area contributed by atoms with Crippen molar-refractivity contribution >= 4 is 5.97 Å². The summed E-state index contributed by atoms with van der Waals surface area (Å²) in [5.74, 6) is -0.0667. The molecule has 2 nitrogen and oxygen atoms in total. The molecule has 0 radical (unpaired) electrons. The monoisotopic (exact) mass is 238 g/mol. The summed E-state index contributed by atoms with van der Waals surface area (Å²) in [6.45, 7) is 4.39. The van der Waals surface area contributed by atoms with E-state index in [0.29, 0.717) is 0 Å². The Hall–Kier alpha value is -0.790. The van der Waals surface area contributed by atoms with Gasteiger partial charge in [-0.25, -0.2) is 4.79 Å². The zero-order valence-corrected chi connectivity index (χ0v) is 11.3. The van der Waals surface area contributed by atoms with Crippen molar-refractivity contribution in [3.8, 4) is 0 Å². The molecule has 0 aromatic rings. The van der Waals surface area contributed by atoms with Gasteiger partial charge in [0, 0.05) is 12.0 Å². The van der Waals surface area contributed by atoms with Gasteiger partial charge in [0.2, 0.25) is 0 Å². The second-order valence-electron chi connectivity index (χ2n) is 4.95. The molecule has 1 aliphatic rings. The Kier molecular flexibility index (Phi) is 6.99. The number of unbranched alkanes of at least 4 members (excludes halogenated alkanes) is 5. The van der Waals surface area contributed by atoms with Crippen LogP contribution in [0, 0.1) is 0 Å². The van der Waals surface area contributed by atoms with E-state index in [1.807, 2.05) is 0 Å². The zero-order valence-electron chi connectivity index (χ0n) is 11.3. The van der Waals surface area contributed by atoms with Crippen molar-refractivity contribution in [2.45, 2.75) is 77.7 Å². The molecular weight excluding hydrogens is 212 g/mol. The number of allylic oxidation sites excluding steroid dienone is 1. The largest absolute Gasteiger partial charge is 0.459 e. The Labute approximate surface area is 105 Å². The third-order valence-corrected chi connectivity index (χ3v) is 3.31. The molecule has 1 rings (SSSR count). The molecule has 0 aromatic carbocycles. The molecule has 0 N–H and O–H groups in total. The highest BCUT2D eigenvalue weighted by molar-refractivity contribution is 5.90. The van der Waals surface area contributed by atoms with Gasteiger partial charge in [0.05, 0.1) is 0 Å². The minimum Gasteiger partial charge on any atom is -0.459 e. The van der Waals surface area contributed by atoms with Gasteiger partial charge in [0.25, 0.3) is 0 Å². The Bertz CT molecular complexity index is 256. The molecule has 1 aliphatic heterocycles. The van der Waals surface area contributed by atoms with Crippen LogP contribution < -0.4 is 0 Å². The zero-order chi connectivity index (χ0) is 12.5. The highest BCUT2D eigenvalue weighted by Gasteiger charge is 2.27. The van der Waals surface area contributed by atoms with E-state index in [4.69, 9.17) is 4.74 Å². The lowest BCUT2D eigenvalue weighted by Gasteiger charge is -2.06. The fourth-order valence-corrected chi connectivity index (χ4v) is 2.22. The van der Waals surface area contributed by atoms with Crippen LogP contribution in [0.2, 0.25) is 0 Å². The number of ether oxygens (including phenoxy) is 1. The number of hydrogen-bond acceptors (Lipinski definition) is 2. The van der Waals surface area contributed by atoms with E-state index in [-0.39, 0.29) is 12.1 Å². The van der Waals surface area contributed by atoms with Crippen molar-refractivity contribution in [3.05, 3.63) is 11.6 Å². The van der Waals surface area contributed by atoms with E-state index in [0.717, 1.165) is 24.8 Å². The van der Waals surface area contributed by atoms with E-state index in [9.17, 15) is 4.79 Å². The molecule has 0 saturated carbocycles. The van der Waals surface area contributed by atoms with Gasteiger partial charge >= 0.3 is 5.97 Å². The molecule has 17 heavy (non-hydrogen) atoms. The van der Waals surface area contributed by atoms with Crippen LogP contribution in [0.1, 0.15) is 71.6 Å². The highest BCUT2D eigenvalue weighted by Crippen LogP contribution is 2.25. The third kappa shape index (κ3) is 5.38. The molecule has 1 heterocycles. The average Bonchev–Trinajstić information content (AvgIpc) is 2.66. The quantitative estimate of drug-likeness (QED) is 0.356. The second kappa shape index (κ2) is 8.32. The summed E-state index contributed by atoms with van der Waals surface area (Å²) in [4.78, 5) is 11.6. The van der Waals surface area contributed by atoms with Crippen LogP contribution in [0.15, 0.2) is 11.6 Å². The van der Waals surface area contributed by atoms with Gasteiger partial charge in [-0.15, -0.1) is 0 Å². The standard InChI is InChI=1S/C15H26O2/c1-3-5-7-9-10-13-12-14(17-15(13)16)11-8-6-4-2/h10,14H,3-9,11-12H2,1-2H3/b13-10-. The highest BCUT2D eigenvalue weighted by atomic mass is 16.5. The van der Waals surface area contributed by atoms with Gasteiger partial charge < -0.3 is 4.74 Å². The van der Waals surface area contributed by atoms with Crippen LogP contribution >= 0.6 is 0 Å². The Morgan fingerprint density at radius 3 is 2.59 bits per heavy atom. The lowest BCUT2D eigenvalue weighted by Crippen LogP contribution is -2.05. The van der Waals surface area contributed by atoms with Crippen LogP contribution in [0.4, 0.5) is 0 Å². The summed E-state index contributed by atoms with van der Waals surface area (Å²) in [7, 11) is 0. The lowest BCUT2D eigenvalue weighted by atomic mass is 10.0. The van der Waals surface area contributed by atoms with Crippen LogP contribution in [-0.2, 0) is 9.53 Å². The number of hydrogen-bond donors (Lipinski definition) is 0. The summed E-state index contributed by atoms with van der Waals surface area (Å²) in [5.41, 5.74) is 0.919. The van der Waals surface area contributed by atoms with Gasteiger partial charge in [0.15, 0.2) is 0 Å². The van der Waals surface area contributed by atoms with E-state index >= 15 is 0 Å². The van der Waals surface area contributed by atoms with E-state index in [2.05, 4.69) is 19.9 Å². The Balaban J connectivity index is 2.25. The molecule has 1 unspecified atom stereocenters. The van der Waals surface area contributed by atoms with E-state index in [1.54, 1.807) is 0 Å². The van der Waals surface area contributed by atoms with E-state index < -0.39 is 0 Å². The maximum Gasteiger partial charge on any atom is 0.334 e. The van der Waals surface area contributed by atoms with Gasteiger partial charge in [-0.1, -0.05) is 45.6 Å². The average molecular weight is 238 g/mol. The topological polar surface area (TPSA) is 26.3 Å². The number of cyclic esters (lactones) is 1. The molecule has 1 atom stereocenters. The third-order valence-electron chi connectivity index (χ3n) is 3.31. The summed E-state index contributed by atoms with van der Waals surface area (Å²) in [6, 6.07) is 0.